The van der Waals surface area contributed by atoms with Gasteiger partial charge in [0, 0.05) is 19.3 Å². The average Bonchev–Trinajstić information content (AvgIpc) is 3.43. The van der Waals surface area contributed by atoms with Crippen LogP contribution in [0.2, 0.25) is 0 Å². The zero-order chi connectivity index (χ0) is 55.7. The molecule has 0 bridgehead atoms. The zero-order valence-electron chi connectivity index (χ0n) is 51.7. The van der Waals surface area contributed by atoms with Crippen LogP contribution < -0.4 is 0 Å². The molecule has 0 saturated heterocycles. The maximum absolute atomic E-state index is 12.9. The van der Waals surface area contributed by atoms with Crippen LogP contribution in [0.3, 0.4) is 0 Å². The highest BCUT2D eigenvalue weighted by Gasteiger charge is 2.19. The van der Waals surface area contributed by atoms with Gasteiger partial charge in [-0.3, -0.25) is 14.4 Å². The lowest BCUT2D eigenvalue weighted by molar-refractivity contribution is -0.167. The van der Waals surface area contributed by atoms with Crippen molar-refractivity contribution in [1.29, 1.82) is 0 Å². The summed E-state index contributed by atoms with van der Waals surface area (Å²) < 4.78 is 17.0. The second-order valence-electron chi connectivity index (χ2n) is 23.1. The normalized spacial score (nSPS) is 12.3. The number of hydrogen-bond acceptors (Lipinski definition) is 6. The molecule has 1 unspecified atom stereocenters. The first-order valence-electron chi connectivity index (χ1n) is 34.1. The van der Waals surface area contributed by atoms with Gasteiger partial charge in [0.15, 0.2) is 6.10 Å². The Hall–Kier alpha value is -2.63. The van der Waals surface area contributed by atoms with Crippen LogP contribution in [0, 0.1) is 0 Å². The summed E-state index contributed by atoms with van der Waals surface area (Å²) in [6.07, 6.45) is 82.7. The summed E-state index contributed by atoms with van der Waals surface area (Å²) >= 11 is 0. The fourth-order valence-corrected chi connectivity index (χ4v) is 10.2. The highest BCUT2D eigenvalue weighted by atomic mass is 16.6. The van der Waals surface area contributed by atoms with Crippen molar-refractivity contribution in [3.05, 3.63) is 48.6 Å². The maximum Gasteiger partial charge on any atom is 0.306 e. The Bertz CT molecular complexity index is 1330. The van der Waals surface area contributed by atoms with Gasteiger partial charge in [-0.15, -0.1) is 0 Å². The van der Waals surface area contributed by atoms with Crippen LogP contribution in [0.5, 0.6) is 0 Å². The summed E-state index contributed by atoms with van der Waals surface area (Å²) in [7, 11) is 0. The summed E-state index contributed by atoms with van der Waals surface area (Å²) in [5.74, 6) is -0.857. The molecule has 0 aliphatic rings. The quantitative estimate of drug-likeness (QED) is 0.0261. The summed E-state index contributed by atoms with van der Waals surface area (Å²) in [5, 5.41) is 0. The van der Waals surface area contributed by atoms with Crippen molar-refractivity contribution in [1.82, 2.24) is 0 Å². The van der Waals surface area contributed by atoms with Crippen LogP contribution in [-0.2, 0) is 28.6 Å². The topological polar surface area (TPSA) is 78.9 Å². The third-order valence-corrected chi connectivity index (χ3v) is 15.3. The van der Waals surface area contributed by atoms with Gasteiger partial charge in [-0.2, -0.15) is 0 Å². The van der Waals surface area contributed by atoms with Gasteiger partial charge in [0.1, 0.15) is 13.2 Å². The van der Waals surface area contributed by atoms with Gasteiger partial charge in [0.05, 0.1) is 0 Å². The standard InChI is InChI=1S/C71H130O6/c1-4-7-10-13-16-19-22-25-28-30-31-32-33-34-35-36-37-38-39-40-41-42-44-46-49-52-55-58-61-64-70(73)76-67-68(66-75-69(72)63-60-57-54-51-48-45-27-24-21-18-15-12-9-6-3)77-71(74)65-62-59-56-53-50-47-43-29-26-23-20-17-14-11-8-5-2/h22,25,29-31,33-34,43,68H,4-21,23-24,26-28,32,35-42,44-67H2,1-3H3/b25-22-,31-30-,34-33-,43-29-. The number of esters is 3. The highest BCUT2D eigenvalue weighted by molar-refractivity contribution is 5.71. The number of rotatable bonds is 63. The molecule has 6 nitrogen and oxygen atoms in total. The molecule has 0 N–H and O–H groups in total. The Kier molecular flexibility index (Phi) is 63.6. The molecular formula is C71H130O6. The first-order chi connectivity index (χ1) is 38.0. The van der Waals surface area contributed by atoms with Crippen LogP contribution >= 0.6 is 0 Å². The third kappa shape index (κ3) is 64.1. The molecule has 450 valence electrons. The Balaban J connectivity index is 4.21. The van der Waals surface area contributed by atoms with Crippen LogP contribution in [0.1, 0.15) is 367 Å². The zero-order valence-corrected chi connectivity index (χ0v) is 51.7. The lowest BCUT2D eigenvalue weighted by Gasteiger charge is -2.18. The first kappa shape index (κ1) is 74.4. The van der Waals surface area contributed by atoms with E-state index in [1.165, 1.54) is 250 Å². The van der Waals surface area contributed by atoms with E-state index >= 15 is 0 Å². The average molecular weight is 1080 g/mol. The number of carbonyl (C=O) groups is 3. The van der Waals surface area contributed by atoms with Crippen molar-refractivity contribution >= 4 is 17.9 Å². The number of hydrogen-bond donors (Lipinski definition) is 0. The predicted octanol–water partition coefficient (Wildman–Crippen LogP) is 23.3. The number of ether oxygens (including phenoxy) is 3. The van der Waals surface area contributed by atoms with E-state index in [0.29, 0.717) is 19.3 Å². The van der Waals surface area contributed by atoms with E-state index in [0.717, 1.165) is 77.0 Å². The van der Waals surface area contributed by atoms with Crippen molar-refractivity contribution < 1.29 is 28.6 Å². The van der Waals surface area contributed by atoms with Gasteiger partial charge in [-0.05, 0) is 83.5 Å². The van der Waals surface area contributed by atoms with E-state index in [4.69, 9.17) is 14.2 Å². The molecule has 0 heterocycles. The minimum Gasteiger partial charge on any atom is -0.462 e. The summed E-state index contributed by atoms with van der Waals surface area (Å²) in [6.45, 7) is 6.68. The van der Waals surface area contributed by atoms with Crippen LogP contribution in [0.15, 0.2) is 48.6 Å². The van der Waals surface area contributed by atoms with Crippen LogP contribution in [0.4, 0.5) is 0 Å². The monoisotopic (exact) mass is 1080 g/mol. The summed E-state index contributed by atoms with van der Waals surface area (Å²) in [4.78, 5) is 38.3. The third-order valence-electron chi connectivity index (χ3n) is 15.3. The van der Waals surface area contributed by atoms with E-state index in [2.05, 4.69) is 69.4 Å². The maximum atomic E-state index is 12.9. The molecule has 77 heavy (non-hydrogen) atoms. The van der Waals surface area contributed by atoms with Gasteiger partial charge in [0.2, 0.25) is 0 Å². The number of allylic oxidation sites excluding steroid dienone is 8. The summed E-state index contributed by atoms with van der Waals surface area (Å²) in [6, 6.07) is 0. The number of unbranched alkanes of at least 4 members (excludes halogenated alkanes) is 44. The molecule has 0 fully saturated rings. The van der Waals surface area contributed by atoms with Crippen molar-refractivity contribution in [2.45, 2.75) is 374 Å². The molecule has 0 saturated carbocycles. The second kappa shape index (κ2) is 65.9. The Morgan fingerprint density at radius 1 is 0.260 bits per heavy atom. The predicted molar refractivity (Wildman–Crippen MR) is 335 cm³/mol. The minimum absolute atomic E-state index is 0.0717. The molecule has 0 amide bonds. The molecular weight excluding hydrogens is 949 g/mol. The molecule has 0 spiro atoms. The highest BCUT2D eigenvalue weighted by Crippen LogP contribution is 2.17. The van der Waals surface area contributed by atoms with Gasteiger partial charge in [-0.25, -0.2) is 0 Å². The Morgan fingerprint density at radius 3 is 0.740 bits per heavy atom. The van der Waals surface area contributed by atoms with Crippen molar-refractivity contribution in [2.75, 3.05) is 13.2 Å². The Morgan fingerprint density at radius 2 is 0.468 bits per heavy atom. The smallest absolute Gasteiger partial charge is 0.306 e. The van der Waals surface area contributed by atoms with E-state index < -0.39 is 6.10 Å². The second-order valence-corrected chi connectivity index (χ2v) is 23.1. The SMILES string of the molecule is CCCCCCC/C=C\C/C=C\C/C=C\CCCCCCCCCCCCCCCCC(=O)OCC(COC(=O)CCCCCCCCCCCCCCCC)OC(=O)CCCCCCC/C=C\CCCCCCCCC. The van der Waals surface area contributed by atoms with Crippen molar-refractivity contribution in [3.63, 3.8) is 0 Å². The van der Waals surface area contributed by atoms with E-state index in [1.807, 2.05) is 0 Å². The van der Waals surface area contributed by atoms with Crippen LogP contribution in [-0.4, -0.2) is 37.2 Å². The molecule has 0 aromatic carbocycles. The molecule has 0 aromatic rings. The largest absolute Gasteiger partial charge is 0.462 e. The fourth-order valence-electron chi connectivity index (χ4n) is 10.2. The van der Waals surface area contributed by atoms with Gasteiger partial charge in [0.25, 0.3) is 0 Å². The molecule has 0 aromatic heterocycles. The van der Waals surface area contributed by atoms with Gasteiger partial charge < -0.3 is 14.2 Å². The number of carbonyl (C=O) groups excluding carboxylic acids is 3. The molecule has 0 rings (SSSR count). The van der Waals surface area contributed by atoms with Crippen molar-refractivity contribution in [3.8, 4) is 0 Å². The van der Waals surface area contributed by atoms with Crippen LogP contribution in [0.25, 0.3) is 0 Å². The Labute approximate surface area is 479 Å². The van der Waals surface area contributed by atoms with E-state index in [1.54, 1.807) is 0 Å². The van der Waals surface area contributed by atoms with Gasteiger partial charge in [-0.1, -0.05) is 313 Å². The van der Waals surface area contributed by atoms with E-state index in [-0.39, 0.29) is 31.1 Å². The lowest BCUT2D eigenvalue weighted by atomic mass is 10.0. The van der Waals surface area contributed by atoms with E-state index in [9.17, 15) is 14.4 Å². The molecule has 0 aliphatic carbocycles. The van der Waals surface area contributed by atoms with Gasteiger partial charge >= 0.3 is 17.9 Å². The first-order valence-corrected chi connectivity index (χ1v) is 34.1. The molecule has 6 heteroatoms. The fraction of sp³-hybridized carbons (Fsp3) is 0.845. The molecule has 0 radical (unpaired) electrons. The molecule has 1 atom stereocenters. The summed E-state index contributed by atoms with van der Waals surface area (Å²) in [5.41, 5.74) is 0. The minimum atomic E-state index is -0.775. The lowest BCUT2D eigenvalue weighted by Crippen LogP contribution is -2.30. The van der Waals surface area contributed by atoms with Crippen molar-refractivity contribution in [2.24, 2.45) is 0 Å². The molecule has 0 aliphatic heterocycles.